The van der Waals surface area contributed by atoms with Crippen molar-refractivity contribution >= 4 is 16.0 Å². The third-order valence-corrected chi connectivity index (χ3v) is 4.73. The van der Waals surface area contributed by atoms with Crippen molar-refractivity contribution in [1.82, 2.24) is 4.72 Å². The van der Waals surface area contributed by atoms with E-state index in [1.165, 1.54) is 31.4 Å². The minimum absolute atomic E-state index is 0.0255. The van der Waals surface area contributed by atoms with E-state index in [1.807, 2.05) is 0 Å². The highest BCUT2D eigenvalue weighted by Crippen LogP contribution is 2.21. The second-order valence-electron chi connectivity index (χ2n) is 4.84. The average Bonchev–Trinajstić information content (AvgIpc) is 2.54. The highest BCUT2D eigenvalue weighted by Gasteiger charge is 2.21. The number of nitrogens with one attached hydrogen (secondary N) is 1. The van der Waals surface area contributed by atoms with Gasteiger partial charge in [0, 0.05) is 12.4 Å². The fourth-order valence-corrected chi connectivity index (χ4v) is 3.31. The van der Waals surface area contributed by atoms with Crippen LogP contribution in [0.25, 0.3) is 0 Å². The zero-order valence-corrected chi connectivity index (χ0v) is 13.2. The molecule has 0 heterocycles. The first kappa shape index (κ1) is 17.0. The van der Waals surface area contributed by atoms with E-state index in [4.69, 9.17) is 4.74 Å². The molecular formula is C16H16NO5S-. The van der Waals surface area contributed by atoms with Crippen LogP contribution in [-0.2, 0) is 14.8 Å². The number of sulfonamides is 1. The zero-order valence-electron chi connectivity index (χ0n) is 12.4. The van der Waals surface area contributed by atoms with Crippen LogP contribution in [0.1, 0.15) is 18.0 Å². The number of carboxylic acids is 1. The molecule has 0 bridgehead atoms. The SMILES string of the molecule is COc1ccc(S(=O)(=O)N[C@H](CC(=O)[O-])c2ccccc2)cc1. The molecule has 2 rings (SSSR count). The van der Waals surface area contributed by atoms with Gasteiger partial charge in [0.05, 0.1) is 18.0 Å². The van der Waals surface area contributed by atoms with E-state index in [2.05, 4.69) is 4.72 Å². The Morgan fingerprint density at radius 3 is 2.26 bits per heavy atom. The Morgan fingerprint density at radius 2 is 1.74 bits per heavy atom. The number of rotatable bonds is 7. The molecule has 7 heteroatoms. The number of methoxy groups -OCH3 is 1. The lowest BCUT2D eigenvalue weighted by molar-refractivity contribution is -0.306. The summed E-state index contributed by atoms with van der Waals surface area (Å²) in [7, 11) is -2.40. The number of ether oxygens (including phenoxy) is 1. The first-order chi connectivity index (χ1) is 10.9. The molecule has 0 radical (unpaired) electrons. The molecule has 2 aromatic carbocycles. The van der Waals surface area contributed by atoms with Crippen LogP contribution in [0.15, 0.2) is 59.5 Å². The molecule has 0 aliphatic heterocycles. The van der Waals surface area contributed by atoms with Crippen LogP contribution in [0.5, 0.6) is 5.75 Å². The van der Waals surface area contributed by atoms with Gasteiger partial charge < -0.3 is 14.6 Å². The number of hydrogen-bond donors (Lipinski definition) is 1. The third kappa shape index (κ3) is 4.54. The molecule has 2 aromatic rings. The van der Waals surface area contributed by atoms with Crippen LogP contribution in [0, 0.1) is 0 Å². The lowest BCUT2D eigenvalue weighted by atomic mass is 10.1. The normalized spacial score (nSPS) is 12.6. The molecule has 1 N–H and O–H groups in total. The summed E-state index contributed by atoms with van der Waals surface area (Å²) < 4.78 is 32.3. The van der Waals surface area contributed by atoms with E-state index in [0.717, 1.165) is 0 Å². The molecule has 0 saturated carbocycles. The van der Waals surface area contributed by atoms with Crippen LogP contribution in [0.4, 0.5) is 0 Å². The molecule has 0 spiro atoms. The Balaban J connectivity index is 2.28. The molecule has 0 fully saturated rings. The minimum atomic E-state index is -3.87. The fourth-order valence-electron chi connectivity index (χ4n) is 2.09. The van der Waals surface area contributed by atoms with Crippen LogP contribution in [0.3, 0.4) is 0 Å². The molecule has 6 nitrogen and oxygen atoms in total. The van der Waals surface area contributed by atoms with E-state index in [9.17, 15) is 18.3 Å². The maximum Gasteiger partial charge on any atom is 0.241 e. The smallest absolute Gasteiger partial charge is 0.241 e. The average molecular weight is 334 g/mol. The molecule has 0 aliphatic rings. The summed E-state index contributed by atoms with van der Waals surface area (Å²) in [6.45, 7) is 0. The predicted molar refractivity (Wildman–Crippen MR) is 82.1 cm³/mol. The Hall–Kier alpha value is -2.38. The molecule has 23 heavy (non-hydrogen) atoms. The van der Waals surface area contributed by atoms with Gasteiger partial charge in [-0.3, -0.25) is 0 Å². The summed E-state index contributed by atoms with van der Waals surface area (Å²) in [5.41, 5.74) is 0.550. The predicted octanol–water partition coefficient (Wildman–Crippen LogP) is 0.855. The van der Waals surface area contributed by atoms with Crippen molar-refractivity contribution in [3.05, 3.63) is 60.2 Å². The summed E-state index contributed by atoms with van der Waals surface area (Å²) in [6.07, 6.45) is -0.459. The van der Waals surface area contributed by atoms with Gasteiger partial charge in [-0.1, -0.05) is 30.3 Å². The highest BCUT2D eigenvalue weighted by atomic mass is 32.2. The second kappa shape index (κ2) is 7.26. The first-order valence-electron chi connectivity index (χ1n) is 6.83. The van der Waals surface area contributed by atoms with Crippen molar-refractivity contribution in [2.24, 2.45) is 0 Å². The van der Waals surface area contributed by atoms with Crippen molar-refractivity contribution in [3.63, 3.8) is 0 Å². The number of carbonyl (C=O) groups excluding carboxylic acids is 1. The van der Waals surface area contributed by atoms with Crippen LogP contribution >= 0.6 is 0 Å². The number of carboxylic acid groups (broad SMARTS) is 1. The molecule has 0 aromatic heterocycles. The van der Waals surface area contributed by atoms with Gasteiger partial charge in [-0.05, 0) is 29.8 Å². The van der Waals surface area contributed by atoms with Crippen LogP contribution in [-0.4, -0.2) is 21.5 Å². The summed E-state index contributed by atoms with van der Waals surface area (Å²) in [5.74, 6) is -0.811. The second-order valence-corrected chi connectivity index (χ2v) is 6.55. The fraction of sp³-hybridized carbons (Fsp3) is 0.188. The van der Waals surface area contributed by atoms with Crippen molar-refractivity contribution in [3.8, 4) is 5.75 Å². The van der Waals surface area contributed by atoms with Gasteiger partial charge in [-0.25, -0.2) is 13.1 Å². The number of benzene rings is 2. The van der Waals surface area contributed by atoms with Crippen LogP contribution in [0.2, 0.25) is 0 Å². The van der Waals surface area contributed by atoms with Crippen molar-refractivity contribution in [1.29, 1.82) is 0 Å². The third-order valence-electron chi connectivity index (χ3n) is 3.24. The topological polar surface area (TPSA) is 95.5 Å². The molecule has 0 amide bonds. The maximum atomic E-state index is 12.4. The van der Waals surface area contributed by atoms with E-state index < -0.39 is 28.5 Å². The summed E-state index contributed by atoms with van der Waals surface area (Å²) in [4.78, 5) is 11.0. The minimum Gasteiger partial charge on any atom is -0.550 e. The molecular weight excluding hydrogens is 318 g/mol. The summed E-state index contributed by atoms with van der Waals surface area (Å²) in [5, 5.41) is 10.9. The highest BCUT2D eigenvalue weighted by molar-refractivity contribution is 7.89. The first-order valence-corrected chi connectivity index (χ1v) is 8.32. The van der Waals surface area contributed by atoms with Crippen molar-refractivity contribution in [2.45, 2.75) is 17.4 Å². The Kier molecular flexibility index (Phi) is 5.36. The van der Waals surface area contributed by atoms with Gasteiger partial charge in [-0.2, -0.15) is 0 Å². The number of hydrogen-bond acceptors (Lipinski definition) is 5. The molecule has 0 aliphatic carbocycles. The lowest BCUT2D eigenvalue weighted by Gasteiger charge is -2.20. The largest absolute Gasteiger partial charge is 0.550 e. The monoisotopic (exact) mass is 334 g/mol. The Morgan fingerprint density at radius 1 is 1.13 bits per heavy atom. The standard InChI is InChI=1S/C16H17NO5S/c1-22-13-7-9-14(10-8-13)23(20,21)17-15(11-16(18)19)12-5-3-2-4-6-12/h2-10,15,17H,11H2,1H3,(H,18,19)/p-1/t15-/m1/s1. The number of aliphatic carboxylic acids is 1. The Bertz CT molecular complexity index is 757. The van der Waals surface area contributed by atoms with Gasteiger partial charge in [0.2, 0.25) is 10.0 Å². The quantitative estimate of drug-likeness (QED) is 0.810. The molecule has 1 atom stereocenters. The van der Waals surface area contributed by atoms with Gasteiger partial charge >= 0.3 is 0 Å². The van der Waals surface area contributed by atoms with E-state index in [1.54, 1.807) is 30.3 Å². The summed E-state index contributed by atoms with van der Waals surface area (Å²) >= 11 is 0. The van der Waals surface area contributed by atoms with Gasteiger partial charge in [0.15, 0.2) is 0 Å². The number of carbonyl (C=O) groups is 1. The van der Waals surface area contributed by atoms with Gasteiger partial charge in [0.25, 0.3) is 0 Å². The van der Waals surface area contributed by atoms with Crippen molar-refractivity contribution < 1.29 is 23.1 Å². The van der Waals surface area contributed by atoms with Gasteiger partial charge in [-0.15, -0.1) is 0 Å². The Labute approximate surface area is 134 Å². The van der Waals surface area contributed by atoms with E-state index in [0.29, 0.717) is 11.3 Å². The van der Waals surface area contributed by atoms with E-state index >= 15 is 0 Å². The molecule has 122 valence electrons. The van der Waals surface area contributed by atoms with Crippen molar-refractivity contribution in [2.75, 3.05) is 7.11 Å². The van der Waals surface area contributed by atoms with E-state index in [-0.39, 0.29) is 4.90 Å². The van der Waals surface area contributed by atoms with Crippen LogP contribution < -0.4 is 14.6 Å². The zero-order chi connectivity index (χ0) is 16.9. The lowest BCUT2D eigenvalue weighted by Crippen LogP contribution is -2.34. The molecule has 0 saturated heterocycles. The summed E-state index contributed by atoms with van der Waals surface area (Å²) in [6, 6.07) is 13.4. The molecule has 0 unspecified atom stereocenters. The maximum absolute atomic E-state index is 12.4. The van der Waals surface area contributed by atoms with Gasteiger partial charge in [0.1, 0.15) is 5.75 Å².